The van der Waals surface area contributed by atoms with Crippen molar-refractivity contribution in [3.63, 3.8) is 0 Å². The van der Waals surface area contributed by atoms with Crippen LogP contribution in [0.1, 0.15) is 1.43 Å². The van der Waals surface area contributed by atoms with Crippen LogP contribution in [0.2, 0.25) is 0 Å². The molecule has 0 aliphatic carbocycles. The van der Waals surface area contributed by atoms with E-state index >= 15 is 0 Å². The zero-order valence-corrected chi connectivity index (χ0v) is 4.07. The molecule has 4 heteroatoms. The quantitative estimate of drug-likeness (QED) is 0.439. The van der Waals surface area contributed by atoms with Gasteiger partial charge in [-0.25, -0.2) is 0 Å². The molecule has 0 heterocycles. The summed E-state index contributed by atoms with van der Waals surface area (Å²) in [5, 5.41) is 0. The van der Waals surface area contributed by atoms with Gasteiger partial charge in [-0.15, -0.1) is 12.4 Å². The molecule has 0 aliphatic rings. The van der Waals surface area contributed by atoms with Crippen LogP contribution in [0.5, 0.6) is 0 Å². The molecule has 3 N–H and O–H groups in total. The number of hydrogen-bond acceptors (Lipinski definition) is 2. The summed E-state index contributed by atoms with van der Waals surface area (Å²) in [6, 6.07) is 0. The van der Waals surface area contributed by atoms with Crippen molar-refractivity contribution in [1.82, 2.24) is 6.15 Å². The first-order valence-electron chi connectivity index (χ1n) is 0.236. The third-order valence-corrected chi connectivity index (χ3v) is 0. The van der Waals surface area contributed by atoms with E-state index in [0.29, 0.717) is 0 Å². The molecule has 0 saturated carbocycles. The molecular weight excluding hydrogens is 92.4 g/mol. The van der Waals surface area contributed by atoms with Crippen molar-refractivity contribution in [1.29, 1.82) is 0 Å². The summed E-state index contributed by atoms with van der Waals surface area (Å²) in [6.45, 7) is 0. The van der Waals surface area contributed by atoms with E-state index < -0.39 is 0 Å². The molecule has 2 nitrogen and oxygen atoms in total. The maximum absolute atomic E-state index is 8.17. The first kappa shape index (κ1) is 23.5. The van der Waals surface area contributed by atoms with E-state index in [1.165, 1.54) is 16.2 Å². The zero-order valence-electron chi connectivity index (χ0n) is 3.10. The van der Waals surface area contributed by atoms with Gasteiger partial charge in [-0.05, 0) is 0 Å². The van der Waals surface area contributed by atoms with Gasteiger partial charge in [0.2, 0.25) is 0 Å². The van der Waals surface area contributed by atoms with E-state index in [4.69, 9.17) is 3.80 Å². The van der Waals surface area contributed by atoms with Crippen LogP contribution in [-0.2, 0) is 3.80 Å². The van der Waals surface area contributed by atoms with Gasteiger partial charge in [0.25, 0.3) is 0 Å². The minimum atomic E-state index is 0. The molecule has 0 saturated heterocycles. The van der Waals surface area contributed by atoms with E-state index in [9.17, 15) is 0 Å². The van der Waals surface area contributed by atoms with Crippen LogP contribution < -0.4 is 6.15 Å². The van der Waals surface area contributed by atoms with Crippen LogP contribution in [0, 0.1) is 0 Å². The Labute approximate surface area is 40.7 Å². The third-order valence-electron chi connectivity index (χ3n) is 0. The molecular formula is H5AlClNO+. The molecule has 25 valence electrons. The van der Waals surface area contributed by atoms with Crippen LogP contribution in [0.4, 0.5) is 0 Å². The van der Waals surface area contributed by atoms with Crippen LogP contribution in [0.25, 0.3) is 0 Å². The Kier molecular flexibility index (Phi) is 413. The summed E-state index contributed by atoms with van der Waals surface area (Å²) in [5.41, 5.74) is 0. The van der Waals surface area contributed by atoms with Gasteiger partial charge in [0, 0.05) is 0 Å². The summed E-state index contributed by atoms with van der Waals surface area (Å²) < 4.78 is 8.17. The third kappa shape index (κ3) is 19.1. The van der Waals surface area contributed by atoms with E-state index in [0.717, 1.165) is 0 Å². The van der Waals surface area contributed by atoms with Gasteiger partial charge in [0.05, 0.1) is 0 Å². The Morgan fingerprint density at radius 1 is 1.50 bits per heavy atom. The molecule has 0 spiro atoms. The van der Waals surface area contributed by atoms with Crippen molar-refractivity contribution in [3.05, 3.63) is 0 Å². The maximum atomic E-state index is 8.17. The van der Waals surface area contributed by atoms with E-state index in [1.807, 2.05) is 0 Å². The summed E-state index contributed by atoms with van der Waals surface area (Å²) in [4.78, 5) is 0. The van der Waals surface area contributed by atoms with E-state index in [1.54, 1.807) is 0 Å². The topological polar surface area (TPSA) is 52.1 Å². The van der Waals surface area contributed by atoms with Crippen LogP contribution in [0.3, 0.4) is 0 Å². The van der Waals surface area contributed by atoms with Crippen LogP contribution in [0.15, 0.2) is 0 Å². The molecule has 0 fully saturated rings. The predicted molar refractivity (Wildman–Crippen MR) is 19.8 cm³/mol. The van der Waals surface area contributed by atoms with Gasteiger partial charge in [-0.3, -0.25) is 0 Å². The molecule has 0 aromatic rings. The second kappa shape index (κ2) is 70.4. The Bertz CT molecular complexity index is 11.6. The molecule has 4 heavy (non-hydrogen) atoms. The van der Waals surface area contributed by atoms with Crippen molar-refractivity contribution in [2.75, 3.05) is 0 Å². The zero-order chi connectivity index (χ0) is 2.00. The van der Waals surface area contributed by atoms with Crippen molar-refractivity contribution >= 4 is 28.6 Å². The average Bonchev–Trinajstić information content (AvgIpc) is 1.00. The molecule has 0 bridgehead atoms. The van der Waals surface area contributed by atoms with Crippen molar-refractivity contribution in [3.8, 4) is 0 Å². The molecule has 0 atom stereocenters. The molecule has 0 amide bonds. The van der Waals surface area contributed by atoms with E-state index in [-0.39, 0.29) is 20.0 Å². The SMILES string of the molecule is Cl.N.[H+].[O]=[Al]. The van der Waals surface area contributed by atoms with Crippen molar-refractivity contribution in [2.24, 2.45) is 0 Å². The molecule has 1 radical (unpaired) electrons. The predicted octanol–water partition coefficient (Wildman–Crippen LogP) is 0.197. The standard InChI is InChI=1S/Al.ClH.H3N.O/h;1H;1H3;/p+1. The van der Waals surface area contributed by atoms with Gasteiger partial charge >= 0.3 is 21.5 Å². The summed E-state index contributed by atoms with van der Waals surface area (Å²) in [5.74, 6) is 0. The number of rotatable bonds is 0. The monoisotopic (exact) mass is 97.0 g/mol. The minimum absolute atomic E-state index is 0. The van der Waals surface area contributed by atoms with Crippen molar-refractivity contribution < 1.29 is 5.23 Å². The Morgan fingerprint density at radius 2 is 1.50 bits per heavy atom. The Hall–Kier alpha value is 0.582. The first-order chi connectivity index (χ1) is 1.00. The van der Waals surface area contributed by atoms with Crippen LogP contribution >= 0.6 is 12.4 Å². The van der Waals surface area contributed by atoms with Gasteiger partial charge in [-0.1, -0.05) is 0 Å². The second-order valence-electron chi connectivity index (χ2n) is 0. The molecule has 0 rings (SSSR count). The molecule has 0 unspecified atom stereocenters. The average molecular weight is 97.5 g/mol. The Morgan fingerprint density at radius 3 is 1.50 bits per heavy atom. The fourth-order valence-electron chi connectivity index (χ4n) is 0. The van der Waals surface area contributed by atoms with Crippen molar-refractivity contribution in [2.45, 2.75) is 0 Å². The molecule has 0 aromatic heterocycles. The fourth-order valence-corrected chi connectivity index (χ4v) is 0. The normalized spacial score (nSPS) is 0.750. The molecule has 0 aromatic carbocycles. The number of halogens is 1. The summed E-state index contributed by atoms with van der Waals surface area (Å²) >= 11 is 1.17. The molecule has 0 aliphatic heterocycles. The first-order valence-corrected chi connectivity index (χ1v) is 0.707. The van der Waals surface area contributed by atoms with E-state index in [2.05, 4.69) is 0 Å². The van der Waals surface area contributed by atoms with Gasteiger partial charge < -0.3 is 6.15 Å². The van der Waals surface area contributed by atoms with Gasteiger partial charge in [-0.2, -0.15) is 0 Å². The van der Waals surface area contributed by atoms with Crippen LogP contribution in [-0.4, -0.2) is 16.2 Å². The van der Waals surface area contributed by atoms with Gasteiger partial charge in [0.1, 0.15) is 0 Å². The summed E-state index contributed by atoms with van der Waals surface area (Å²) in [7, 11) is 0. The Balaban J connectivity index is -0.00000000167. The summed E-state index contributed by atoms with van der Waals surface area (Å²) in [6.07, 6.45) is 0. The number of hydrogen-bond donors (Lipinski definition) is 1. The fraction of sp³-hybridized carbons (Fsp3) is 0. The van der Waals surface area contributed by atoms with Gasteiger partial charge in [0.15, 0.2) is 0 Å². The second-order valence-corrected chi connectivity index (χ2v) is 0.